The van der Waals surface area contributed by atoms with E-state index in [1.165, 1.54) is 31.2 Å². The lowest BCUT2D eigenvalue weighted by atomic mass is 9.85. The largest absolute Gasteiger partial charge is 0.494 e. The molecule has 94 valence electrons. The molecule has 0 saturated heterocycles. The summed E-state index contributed by atoms with van der Waals surface area (Å²) in [5.74, 6) is 2.26. The topological polar surface area (TPSA) is 35.2 Å². The number of benzene rings is 1. The Morgan fingerprint density at radius 2 is 2.12 bits per heavy atom. The van der Waals surface area contributed by atoms with Gasteiger partial charge in [-0.3, -0.25) is 0 Å². The van der Waals surface area contributed by atoms with E-state index in [0.29, 0.717) is 5.92 Å². The van der Waals surface area contributed by atoms with Crippen molar-refractivity contribution in [3.8, 4) is 5.75 Å². The summed E-state index contributed by atoms with van der Waals surface area (Å²) >= 11 is 0. The van der Waals surface area contributed by atoms with Crippen LogP contribution in [0.5, 0.6) is 5.75 Å². The van der Waals surface area contributed by atoms with Gasteiger partial charge < -0.3 is 10.5 Å². The van der Waals surface area contributed by atoms with E-state index in [0.717, 1.165) is 24.8 Å². The number of hydrogen-bond donors (Lipinski definition) is 1. The zero-order valence-corrected chi connectivity index (χ0v) is 10.7. The van der Waals surface area contributed by atoms with Gasteiger partial charge in [0.15, 0.2) is 0 Å². The molecular weight excluding hydrogens is 210 g/mol. The summed E-state index contributed by atoms with van der Waals surface area (Å²) in [7, 11) is 0. The van der Waals surface area contributed by atoms with Crippen LogP contribution in [0.3, 0.4) is 0 Å². The van der Waals surface area contributed by atoms with Crippen LogP contribution in [0.2, 0.25) is 0 Å². The summed E-state index contributed by atoms with van der Waals surface area (Å²) < 4.78 is 5.56. The van der Waals surface area contributed by atoms with Crippen LogP contribution < -0.4 is 10.5 Å². The van der Waals surface area contributed by atoms with Crippen molar-refractivity contribution in [3.63, 3.8) is 0 Å². The molecule has 0 aromatic heterocycles. The smallest absolute Gasteiger partial charge is 0.119 e. The number of nitrogens with two attached hydrogens (primary N) is 1. The van der Waals surface area contributed by atoms with Crippen molar-refractivity contribution in [1.29, 1.82) is 0 Å². The fraction of sp³-hybridized carbons (Fsp3) is 0.600. The third-order valence-corrected chi connectivity index (χ3v) is 3.82. The molecule has 0 spiro atoms. The first-order valence-corrected chi connectivity index (χ1v) is 6.78. The van der Waals surface area contributed by atoms with Gasteiger partial charge >= 0.3 is 0 Å². The Morgan fingerprint density at radius 1 is 1.35 bits per heavy atom. The zero-order valence-electron chi connectivity index (χ0n) is 10.7. The molecule has 0 radical (unpaired) electrons. The highest BCUT2D eigenvalue weighted by molar-refractivity contribution is 5.31. The van der Waals surface area contributed by atoms with Gasteiger partial charge in [-0.2, -0.15) is 0 Å². The SMILES string of the molecule is CCOc1cccc(C(CN)C2CCCC2)c1. The second-order valence-corrected chi connectivity index (χ2v) is 4.89. The first-order chi connectivity index (χ1) is 8.35. The fourth-order valence-corrected chi connectivity index (χ4v) is 2.96. The van der Waals surface area contributed by atoms with Crippen LogP contribution >= 0.6 is 0 Å². The summed E-state index contributed by atoms with van der Waals surface area (Å²) in [6.45, 7) is 3.49. The summed E-state index contributed by atoms with van der Waals surface area (Å²) in [5.41, 5.74) is 7.32. The summed E-state index contributed by atoms with van der Waals surface area (Å²) in [4.78, 5) is 0. The molecule has 2 heteroatoms. The highest BCUT2D eigenvalue weighted by atomic mass is 16.5. The minimum absolute atomic E-state index is 0.512. The molecule has 0 aliphatic heterocycles. The molecule has 2 nitrogen and oxygen atoms in total. The van der Waals surface area contributed by atoms with Crippen molar-refractivity contribution in [2.75, 3.05) is 13.2 Å². The summed E-state index contributed by atoms with van der Waals surface area (Å²) in [5, 5.41) is 0. The average Bonchev–Trinajstić information content (AvgIpc) is 2.85. The van der Waals surface area contributed by atoms with E-state index in [-0.39, 0.29) is 0 Å². The van der Waals surface area contributed by atoms with Crippen molar-refractivity contribution in [2.45, 2.75) is 38.5 Å². The molecule has 1 unspecified atom stereocenters. The zero-order chi connectivity index (χ0) is 12.1. The maximum Gasteiger partial charge on any atom is 0.119 e. The molecule has 2 rings (SSSR count). The van der Waals surface area contributed by atoms with E-state index in [2.05, 4.69) is 18.2 Å². The minimum atomic E-state index is 0.512. The molecule has 0 amide bonds. The van der Waals surface area contributed by atoms with Gasteiger partial charge in [0, 0.05) is 0 Å². The monoisotopic (exact) mass is 233 g/mol. The Kier molecular flexibility index (Phi) is 4.43. The summed E-state index contributed by atoms with van der Waals surface area (Å²) in [6, 6.07) is 8.46. The maximum atomic E-state index is 5.97. The van der Waals surface area contributed by atoms with E-state index in [9.17, 15) is 0 Å². The normalized spacial score (nSPS) is 18.2. The lowest BCUT2D eigenvalue weighted by Crippen LogP contribution is -2.19. The standard InChI is InChI=1S/C15H23NO/c1-2-17-14-9-5-8-13(10-14)15(11-16)12-6-3-4-7-12/h5,8-10,12,15H,2-4,6-7,11,16H2,1H3. The van der Waals surface area contributed by atoms with Crippen molar-refractivity contribution >= 4 is 0 Å². The predicted octanol–water partition coefficient (Wildman–Crippen LogP) is 3.32. The van der Waals surface area contributed by atoms with Crippen LogP contribution in [0.25, 0.3) is 0 Å². The van der Waals surface area contributed by atoms with Crippen molar-refractivity contribution < 1.29 is 4.74 Å². The second kappa shape index (κ2) is 6.06. The van der Waals surface area contributed by atoms with E-state index in [4.69, 9.17) is 10.5 Å². The Bertz CT molecular complexity index is 345. The van der Waals surface area contributed by atoms with E-state index < -0.39 is 0 Å². The van der Waals surface area contributed by atoms with Crippen LogP contribution in [-0.2, 0) is 0 Å². The van der Waals surface area contributed by atoms with Crippen LogP contribution in [-0.4, -0.2) is 13.2 Å². The van der Waals surface area contributed by atoms with Crippen LogP contribution in [0.4, 0.5) is 0 Å². The highest BCUT2D eigenvalue weighted by Crippen LogP contribution is 2.37. The molecule has 17 heavy (non-hydrogen) atoms. The van der Waals surface area contributed by atoms with Gasteiger partial charge in [-0.25, -0.2) is 0 Å². The molecule has 0 heterocycles. The van der Waals surface area contributed by atoms with E-state index in [1.807, 2.05) is 13.0 Å². The second-order valence-electron chi connectivity index (χ2n) is 4.89. The van der Waals surface area contributed by atoms with Crippen LogP contribution in [0.15, 0.2) is 24.3 Å². The molecule has 1 aromatic carbocycles. The Labute approximate surface area is 104 Å². The minimum Gasteiger partial charge on any atom is -0.494 e. The Morgan fingerprint density at radius 3 is 2.76 bits per heavy atom. The molecule has 1 saturated carbocycles. The van der Waals surface area contributed by atoms with Crippen LogP contribution in [0, 0.1) is 5.92 Å². The van der Waals surface area contributed by atoms with E-state index in [1.54, 1.807) is 0 Å². The van der Waals surface area contributed by atoms with Gasteiger partial charge in [0.2, 0.25) is 0 Å². The molecule has 1 aromatic rings. The highest BCUT2D eigenvalue weighted by Gasteiger charge is 2.25. The van der Waals surface area contributed by atoms with Gasteiger partial charge in [-0.1, -0.05) is 25.0 Å². The van der Waals surface area contributed by atoms with Crippen LogP contribution in [0.1, 0.15) is 44.1 Å². The molecule has 1 fully saturated rings. The number of rotatable bonds is 5. The molecule has 1 aliphatic rings. The first-order valence-electron chi connectivity index (χ1n) is 6.78. The molecule has 1 aliphatic carbocycles. The quantitative estimate of drug-likeness (QED) is 0.846. The molecule has 1 atom stereocenters. The maximum absolute atomic E-state index is 5.97. The molecule has 0 bridgehead atoms. The number of hydrogen-bond acceptors (Lipinski definition) is 2. The lowest BCUT2D eigenvalue weighted by Gasteiger charge is -2.22. The summed E-state index contributed by atoms with van der Waals surface area (Å²) in [6.07, 6.45) is 5.40. The third-order valence-electron chi connectivity index (χ3n) is 3.82. The van der Waals surface area contributed by atoms with Gasteiger partial charge in [-0.15, -0.1) is 0 Å². The third kappa shape index (κ3) is 3.01. The van der Waals surface area contributed by atoms with Crippen molar-refractivity contribution in [3.05, 3.63) is 29.8 Å². The fourth-order valence-electron chi connectivity index (χ4n) is 2.96. The molecule has 2 N–H and O–H groups in total. The van der Waals surface area contributed by atoms with Gasteiger partial charge in [0.1, 0.15) is 5.75 Å². The Balaban J connectivity index is 2.14. The predicted molar refractivity (Wildman–Crippen MR) is 71.4 cm³/mol. The van der Waals surface area contributed by atoms with Gasteiger partial charge in [-0.05, 0) is 55.8 Å². The Hall–Kier alpha value is -1.02. The van der Waals surface area contributed by atoms with Gasteiger partial charge in [0.25, 0.3) is 0 Å². The average molecular weight is 233 g/mol. The van der Waals surface area contributed by atoms with Crippen molar-refractivity contribution in [2.24, 2.45) is 11.7 Å². The lowest BCUT2D eigenvalue weighted by molar-refractivity contribution is 0.339. The molecular formula is C15H23NO. The van der Waals surface area contributed by atoms with Crippen molar-refractivity contribution in [1.82, 2.24) is 0 Å². The van der Waals surface area contributed by atoms with E-state index >= 15 is 0 Å². The first kappa shape index (κ1) is 12.4. The number of ether oxygens (including phenoxy) is 1. The van der Waals surface area contributed by atoms with Gasteiger partial charge in [0.05, 0.1) is 6.61 Å².